The monoisotopic (exact) mass is 509 g/mol. The molecule has 0 aliphatic heterocycles. The quantitative estimate of drug-likeness (QED) is 0.190. The van der Waals surface area contributed by atoms with E-state index in [4.69, 9.17) is 10.5 Å². The molecule has 3 amide bonds. The Morgan fingerprint density at radius 1 is 0.868 bits per heavy atom. The summed E-state index contributed by atoms with van der Waals surface area (Å²) >= 11 is 0. The van der Waals surface area contributed by atoms with Crippen molar-refractivity contribution in [2.75, 3.05) is 11.1 Å². The third-order valence-electron chi connectivity index (χ3n) is 5.97. The van der Waals surface area contributed by atoms with Crippen molar-refractivity contribution in [3.8, 4) is 5.75 Å². The lowest BCUT2D eigenvalue weighted by molar-refractivity contribution is -0.111. The van der Waals surface area contributed by atoms with Gasteiger partial charge in [0.25, 0.3) is 5.91 Å². The van der Waals surface area contributed by atoms with Gasteiger partial charge in [-0.2, -0.15) is 0 Å². The number of nitrogens with two attached hydrogens (primary N) is 1. The standard InChI is InChI=1S/C30H27N3O5/c1-19(15-18-27(35)32-25-14-8-7-13-24(25)31)28(23-16-17-26(34)22-12-6-5-11-21(22)23)38-30(37)33-29(36)20-9-3-2-4-10-20/h2-19,28,34H,31H2,1H3,(H,32,35)(H,33,36,37)/b18-15+/t19-,28-/m1/s1. The summed E-state index contributed by atoms with van der Waals surface area (Å²) in [5.41, 5.74) is 7.72. The van der Waals surface area contributed by atoms with E-state index in [1.807, 2.05) is 0 Å². The molecule has 0 unspecified atom stereocenters. The number of benzene rings is 4. The molecular weight excluding hydrogens is 482 g/mol. The molecule has 0 aliphatic rings. The SMILES string of the molecule is C[C@H](/C=C/C(=O)Nc1ccccc1N)[C@@H](OC(=O)NC(=O)c1ccccc1)c1ccc(O)c2ccccc12. The minimum absolute atomic E-state index is 0.0785. The summed E-state index contributed by atoms with van der Waals surface area (Å²) in [4.78, 5) is 37.9. The number of hydrogen-bond acceptors (Lipinski definition) is 6. The van der Waals surface area contributed by atoms with Crippen molar-refractivity contribution in [2.45, 2.75) is 13.0 Å². The molecule has 4 rings (SSSR count). The first-order valence-electron chi connectivity index (χ1n) is 11.9. The molecule has 0 saturated carbocycles. The molecule has 8 nitrogen and oxygen atoms in total. The highest BCUT2D eigenvalue weighted by Gasteiger charge is 2.26. The second-order valence-corrected chi connectivity index (χ2v) is 8.66. The van der Waals surface area contributed by atoms with Gasteiger partial charge >= 0.3 is 6.09 Å². The van der Waals surface area contributed by atoms with Gasteiger partial charge in [-0.05, 0) is 41.8 Å². The molecule has 38 heavy (non-hydrogen) atoms. The highest BCUT2D eigenvalue weighted by Crippen LogP contribution is 2.36. The van der Waals surface area contributed by atoms with Gasteiger partial charge in [0, 0.05) is 22.4 Å². The maximum absolute atomic E-state index is 12.8. The number of carbonyl (C=O) groups excluding carboxylic acids is 3. The van der Waals surface area contributed by atoms with E-state index in [9.17, 15) is 19.5 Å². The predicted octanol–water partition coefficient (Wildman–Crippen LogP) is 5.57. The van der Waals surface area contributed by atoms with Crippen molar-refractivity contribution >= 4 is 40.1 Å². The van der Waals surface area contributed by atoms with Gasteiger partial charge < -0.3 is 20.9 Å². The van der Waals surface area contributed by atoms with Crippen LogP contribution in [0.3, 0.4) is 0 Å². The van der Waals surface area contributed by atoms with Gasteiger partial charge in [0.05, 0.1) is 11.4 Å². The molecule has 4 aromatic carbocycles. The van der Waals surface area contributed by atoms with E-state index in [-0.39, 0.29) is 5.75 Å². The Kier molecular flexibility index (Phi) is 8.03. The first-order chi connectivity index (χ1) is 18.3. The van der Waals surface area contributed by atoms with Crippen molar-refractivity contribution in [2.24, 2.45) is 5.92 Å². The van der Waals surface area contributed by atoms with Crippen LogP contribution in [-0.4, -0.2) is 23.0 Å². The van der Waals surface area contributed by atoms with Crippen LogP contribution < -0.4 is 16.4 Å². The average molecular weight is 510 g/mol. The van der Waals surface area contributed by atoms with E-state index in [0.717, 1.165) is 0 Å². The zero-order valence-corrected chi connectivity index (χ0v) is 20.6. The highest BCUT2D eigenvalue weighted by atomic mass is 16.6. The maximum Gasteiger partial charge on any atom is 0.414 e. The smallest absolute Gasteiger partial charge is 0.414 e. The second kappa shape index (κ2) is 11.7. The molecule has 0 heterocycles. The van der Waals surface area contributed by atoms with E-state index < -0.39 is 29.9 Å². The number of para-hydroxylation sites is 2. The van der Waals surface area contributed by atoms with Crippen LogP contribution >= 0.6 is 0 Å². The summed E-state index contributed by atoms with van der Waals surface area (Å²) in [6.45, 7) is 1.78. The van der Waals surface area contributed by atoms with E-state index >= 15 is 0 Å². The molecule has 192 valence electrons. The predicted molar refractivity (Wildman–Crippen MR) is 147 cm³/mol. The molecule has 0 radical (unpaired) electrons. The molecule has 0 aliphatic carbocycles. The van der Waals surface area contributed by atoms with Crippen molar-refractivity contribution in [1.29, 1.82) is 0 Å². The summed E-state index contributed by atoms with van der Waals surface area (Å²) in [5.74, 6) is -1.44. The van der Waals surface area contributed by atoms with Gasteiger partial charge in [-0.3, -0.25) is 14.9 Å². The normalized spacial score (nSPS) is 12.6. The summed E-state index contributed by atoms with van der Waals surface area (Å²) in [6, 6.07) is 25.5. The van der Waals surface area contributed by atoms with Gasteiger partial charge in [-0.15, -0.1) is 0 Å². The fraction of sp³-hybridized carbons (Fsp3) is 0.100. The number of nitrogens with one attached hydrogen (secondary N) is 2. The number of aromatic hydroxyl groups is 1. The number of hydrogen-bond donors (Lipinski definition) is 4. The Morgan fingerprint density at radius 2 is 1.53 bits per heavy atom. The van der Waals surface area contributed by atoms with Crippen LogP contribution in [0.5, 0.6) is 5.75 Å². The Labute approximate surface area is 219 Å². The average Bonchev–Trinajstić information content (AvgIpc) is 2.93. The third-order valence-corrected chi connectivity index (χ3v) is 5.97. The van der Waals surface area contributed by atoms with Gasteiger partial charge in [0.2, 0.25) is 5.91 Å². The Hall–Kier alpha value is -5.11. The number of carbonyl (C=O) groups is 3. The lowest BCUT2D eigenvalue weighted by Gasteiger charge is -2.24. The maximum atomic E-state index is 12.8. The number of nitrogen functional groups attached to an aromatic ring is 1. The number of fused-ring (bicyclic) bond motifs is 1. The molecule has 0 bridgehead atoms. The Bertz CT molecular complexity index is 1500. The number of alkyl carbamates (subject to hydrolysis) is 1. The molecule has 0 saturated heterocycles. The van der Waals surface area contributed by atoms with Gasteiger partial charge in [-0.25, -0.2) is 4.79 Å². The molecule has 8 heteroatoms. The first-order valence-corrected chi connectivity index (χ1v) is 11.9. The Morgan fingerprint density at radius 3 is 2.26 bits per heavy atom. The minimum atomic E-state index is -0.942. The number of rotatable bonds is 7. The number of imide groups is 1. The summed E-state index contributed by atoms with van der Waals surface area (Å²) in [7, 11) is 0. The number of amides is 3. The fourth-order valence-electron chi connectivity index (χ4n) is 4.03. The van der Waals surface area contributed by atoms with Crippen molar-refractivity contribution in [1.82, 2.24) is 5.32 Å². The van der Waals surface area contributed by atoms with Crippen LogP contribution in [0.4, 0.5) is 16.2 Å². The van der Waals surface area contributed by atoms with Crippen LogP contribution in [0.25, 0.3) is 10.8 Å². The van der Waals surface area contributed by atoms with Crippen molar-refractivity contribution in [3.63, 3.8) is 0 Å². The molecule has 0 aromatic heterocycles. The molecule has 0 spiro atoms. The van der Waals surface area contributed by atoms with Gasteiger partial charge in [0.1, 0.15) is 11.9 Å². The molecular formula is C30H27N3O5. The lowest BCUT2D eigenvalue weighted by Crippen LogP contribution is -2.33. The van der Waals surface area contributed by atoms with E-state index in [1.54, 1.807) is 97.9 Å². The minimum Gasteiger partial charge on any atom is -0.507 e. The van der Waals surface area contributed by atoms with Crippen molar-refractivity contribution < 1.29 is 24.2 Å². The van der Waals surface area contributed by atoms with Crippen LogP contribution in [0.2, 0.25) is 0 Å². The summed E-state index contributed by atoms with van der Waals surface area (Å²) < 4.78 is 5.75. The van der Waals surface area contributed by atoms with Gasteiger partial charge in [0.15, 0.2) is 0 Å². The zero-order valence-electron chi connectivity index (χ0n) is 20.6. The van der Waals surface area contributed by atoms with Crippen molar-refractivity contribution in [3.05, 3.63) is 114 Å². The van der Waals surface area contributed by atoms with E-state index in [1.165, 1.54) is 12.1 Å². The fourth-order valence-corrected chi connectivity index (χ4v) is 4.03. The van der Waals surface area contributed by atoms with Crippen LogP contribution in [0, 0.1) is 5.92 Å². The number of phenols is 1. The van der Waals surface area contributed by atoms with E-state index in [2.05, 4.69) is 10.6 Å². The van der Waals surface area contributed by atoms with Crippen LogP contribution in [-0.2, 0) is 9.53 Å². The Balaban J connectivity index is 1.59. The van der Waals surface area contributed by atoms with Gasteiger partial charge in [-0.1, -0.05) is 73.7 Å². The first kappa shape index (κ1) is 26.0. The summed E-state index contributed by atoms with van der Waals surface area (Å²) in [6.07, 6.45) is 1.11. The van der Waals surface area contributed by atoms with Crippen LogP contribution in [0.1, 0.15) is 28.9 Å². The zero-order chi connectivity index (χ0) is 27.1. The lowest BCUT2D eigenvalue weighted by atomic mass is 9.92. The van der Waals surface area contributed by atoms with E-state index in [0.29, 0.717) is 33.3 Å². The largest absolute Gasteiger partial charge is 0.507 e. The summed E-state index contributed by atoms with van der Waals surface area (Å²) in [5, 5.41) is 16.6. The highest BCUT2D eigenvalue weighted by molar-refractivity contribution is 6.03. The van der Waals surface area contributed by atoms with Crippen LogP contribution in [0.15, 0.2) is 103 Å². The topological polar surface area (TPSA) is 131 Å². The number of anilines is 2. The second-order valence-electron chi connectivity index (χ2n) is 8.66. The molecule has 2 atom stereocenters. The molecule has 0 fully saturated rings. The molecule has 4 aromatic rings. The third kappa shape index (κ3) is 6.17. The number of phenolic OH excluding ortho intramolecular Hbond substituents is 1. The number of ether oxygens (including phenoxy) is 1. The molecule has 5 N–H and O–H groups in total.